The summed E-state index contributed by atoms with van der Waals surface area (Å²) < 4.78 is 67.5. The van der Waals surface area contributed by atoms with Crippen LogP contribution in [0.4, 0.5) is 27.3 Å². The molecule has 22 heteroatoms. The van der Waals surface area contributed by atoms with E-state index in [4.69, 9.17) is 20.8 Å². The molecule has 3 heterocycles. The van der Waals surface area contributed by atoms with Crippen LogP contribution in [0.1, 0.15) is 5.69 Å². The molecule has 0 atom stereocenters. The van der Waals surface area contributed by atoms with Crippen LogP contribution in [-0.2, 0) is 19.5 Å². The smallest absolute Gasteiger partial charge is 0.744 e. The predicted molar refractivity (Wildman–Crippen MR) is 137 cm³/mol. The van der Waals surface area contributed by atoms with Gasteiger partial charge in [0.05, 0.1) is 39.3 Å². The molecule has 0 bridgehead atoms. The largest absolute Gasteiger partial charge is 1.00 e. The summed E-state index contributed by atoms with van der Waals surface area (Å²) in [7, 11) is -5.05. The Bertz CT molecular complexity index is 2090. The third-order valence-electron chi connectivity index (χ3n) is 5.93. The number of benzene rings is 3. The Balaban J connectivity index is 0.00000221. The number of rotatable bonds is 7. The summed E-state index contributed by atoms with van der Waals surface area (Å²) in [5.74, 6) is -0.379. The van der Waals surface area contributed by atoms with Crippen LogP contribution >= 0.6 is 23.6 Å². The molecule has 0 aliphatic carbocycles. The van der Waals surface area contributed by atoms with Crippen molar-refractivity contribution in [3.05, 3.63) is 68.7 Å². The van der Waals surface area contributed by atoms with Gasteiger partial charge in [0.15, 0.2) is 5.82 Å². The summed E-state index contributed by atoms with van der Waals surface area (Å²) >= 11 is 6.63. The fraction of sp³-hybridized carbons (Fsp3) is 0.0455. The number of nitro benzene ring substituents is 1. The van der Waals surface area contributed by atoms with Crippen LogP contribution in [0.5, 0.6) is 11.8 Å². The molecule has 216 valence electrons. The van der Waals surface area contributed by atoms with Crippen molar-refractivity contribution in [1.29, 1.82) is 0 Å². The summed E-state index contributed by atoms with van der Waals surface area (Å²) in [6.45, 7) is 1.41. The molecular formula is C22H10ClFN6Na2O10S2. The van der Waals surface area contributed by atoms with Gasteiger partial charge in [0.25, 0.3) is 11.2 Å². The quantitative estimate of drug-likeness (QED) is 0.0285. The summed E-state index contributed by atoms with van der Waals surface area (Å²) in [4.78, 5) is 17.2. The van der Waals surface area contributed by atoms with Crippen LogP contribution in [0.2, 0.25) is 5.02 Å². The standard InChI is InChI=1S/C22H12ClFN6O10S2.2Na/c1-8-17(23)20(27-21(24)25-8)26-12-7-11(42(34,35)36)4-9-5-15(41-40-39-33)18-19(16(9)12)38-22-29(28-18)13-6-10(30(31)32)2-3-14(13)37-22;;/h2-7,33H,1H3,(H,25,26,27)(H,34,35,36);;/q;2*+1/p-2. The number of ether oxygens (including phenoxy) is 1. The van der Waals surface area contributed by atoms with Gasteiger partial charge < -0.3 is 29.7 Å². The first-order valence-corrected chi connectivity index (χ1v) is 13.7. The van der Waals surface area contributed by atoms with Crippen molar-refractivity contribution in [3.63, 3.8) is 0 Å². The van der Waals surface area contributed by atoms with Crippen LogP contribution < -0.4 is 79.1 Å². The van der Waals surface area contributed by atoms with Crippen molar-refractivity contribution >= 4 is 78.5 Å². The maximum Gasteiger partial charge on any atom is 1.00 e. The fourth-order valence-corrected chi connectivity index (χ4v) is 5.34. The Morgan fingerprint density at radius 3 is 2.64 bits per heavy atom. The number of hydrogen-bond donors (Lipinski definition) is 1. The van der Waals surface area contributed by atoms with Gasteiger partial charge in [-0.1, -0.05) is 11.6 Å². The number of non-ortho nitro benzene ring substituents is 1. The van der Waals surface area contributed by atoms with Crippen LogP contribution in [-0.4, -0.2) is 27.9 Å². The van der Waals surface area contributed by atoms with Gasteiger partial charge in [-0.25, -0.2) is 13.4 Å². The Hall–Kier alpha value is -2.37. The maximum atomic E-state index is 14.1. The zero-order chi connectivity index (χ0) is 29.9. The molecule has 0 radical (unpaired) electrons. The molecule has 0 amide bonds. The normalized spacial score (nSPS) is 11.9. The third kappa shape index (κ3) is 6.33. The second-order valence-electron chi connectivity index (χ2n) is 8.45. The summed E-state index contributed by atoms with van der Waals surface area (Å²) in [5, 5.41) is 28.1. The van der Waals surface area contributed by atoms with E-state index in [0.717, 1.165) is 16.8 Å². The van der Waals surface area contributed by atoms with Crippen molar-refractivity contribution in [2.45, 2.75) is 16.7 Å². The average Bonchev–Trinajstić information content (AvgIpc) is 3.29. The molecule has 6 rings (SSSR count). The molecule has 44 heavy (non-hydrogen) atoms. The molecule has 0 spiro atoms. The topological polar surface area (TPSA) is 220 Å². The number of anilines is 2. The monoisotopic (exact) mass is 682 g/mol. The maximum absolute atomic E-state index is 14.1. The minimum atomic E-state index is -5.05. The number of hydrogen-bond acceptors (Lipinski definition) is 14. The SMILES string of the molecule is Cc1nc(F)nc(Nc2cc(S(=O)(=O)[O-])cc3cc(SOO[O-])c4c(c23)Oc2oc3ccc([N+](=O)[O-])cc3[n+]2[N-]4)c1Cl.[Na+].[Na+]. The first-order chi connectivity index (χ1) is 19.9. The number of nitrogens with zero attached hydrogens (tertiary/aromatic N) is 5. The Morgan fingerprint density at radius 2 is 1.95 bits per heavy atom. The fourth-order valence-electron chi connectivity index (χ4n) is 4.18. The van der Waals surface area contributed by atoms with E-state index in [2.05, 4.69) is 30.1 Å². The van der Waals surface area contributed by atoms with Crippen LogP contribution in [0.3, 0.4) is 0 Å². The van der Waals surface area contributed by atoms with Crippen LogP contribution in [0.15, 0.2) is 50.6 Å². The van der Waals surface area contributed by atoms with Crippen LogP contribution in [0, 0.1) is 23.1 Å². The van der Waals surface area contributed by atoms with E-state index in [-0.39, 0.29) is 131 Å². The molecule has 3 aromatic carbocycles. The number of nitro groups is 1. The molecule has 1 aliphatic heterocycles. The first-order valence-electron chi connectivity index (χ1n) is 11.2. The Kier molecular flexibility index (Phi) is 10.3. The number of aryl methyl sites for hydroxylation is 1. The number of aromatic nitrogens is 3. The zero-order valence-corrected chi connectivity index (χ0v) is 28.7. The van der Waals surface area contributed by atoms with Gasteiger partial charge in [0, 0.05) is 16.3 Å². The molecule has 2 aromatic heterocycles. The number of halogens is 2. The minimum Gasteiger partial charge on any atom is -0.744 e. The Morgan fingerprint density at radius 1 is 1.20 bits per heavy atom. The van der Waals surface area contributed by atoms with Gasteiger partial charge in [-0.2, -0.15) is 18.4 Å². The Labute approximate surface area is 298 Å². The van der Waals surface area contributed by atoms with E-state index < -0.39 is 26.0 Å². The minimum absolute atomic E-state index is 0. The molecular weight excluding hydrogens is 673 g/mol. The second-order valence-corrected chi connectivity index (χ2v) is 11.0. The van der Waals surface area contributed by atoms with Crippen molar-refractivity contribution in [3.8, 4) is 11.8 Å². The van der Waals surface area contributed by atoms with Gasteiger partial charge in [-0.3, -0.25) is 15.2 Å². The van der Waals surface area contributed by atoms with Crippen molar-refractivity contribution in [2.24, 2.45) is 0 Å². The van der Waals surface area contributed by atoms with E-state index in [9.17, 15) is 32.7 Å². The summed E-state index contributed by atoms with van der Waals surface area (Å²) in [5.41, 5.74) is 4.39. The number of nitrogens with one attached hydrogen (secondary N) is 1. The van der Waals surface area contributed by atoms with Gasteiger partial charge in [0.1, 0.15) is 20.9 Å². The average molecular weight is 683 g/mol. The number of oxazole rings is 1. The van der Waals surface area contributed by atoms with E-state index in [1.165, 1.54) is 31.2 Å². The molecule has 0 saturated carbocycles. The molecule has 0 saturated heterocycles. The molecule has 5 aromatic rings. The van der Waals surface area contributed by atoms with Gasteiger partial charge in [-0.05, 0) is 42.3 Å². The van der Waals surface area contributed by atoms with E-state index >= 15 is 0 Å². The molecule has 1 aliphatic rings. The van der Waals surface area contributed by atoms with Gasteiger partial charge in [0.2, 0.25) is 5.58 Å². The third-order valence-corrected chi connectivity index (χ3v) is 7.81. The van der Waals surface area contributed by atoms with E-state index in [0.29, 0.717) is 12.0 Å². The molecule has 1 N–H and O–H groups in total. The summed E-state index contributed by atoms with van der Waals surface area (Å²) in [6, 6.07) is 7.00. The van der Waals surface area contributed by atoms with Gasteiger partial charge >= 0.3 is 71.3 Å². The van der Waals surface area contributed by atoms with Crippen LogP contribution in [0.25, 0.3) is 27.3 Å². The summed E-state index contributed by atoms with van der Waals surface area (Å²) in [6.07, 6.45) is -1.41. The first kappa shape index (κ1) is 34.5. The van der Waals surface area contributed by atoms with Crippen molar-refractivity contribution < 1.29 is 110 Å². The van der Waals surface area contributed by atoms with Crippen molar-refractivity contribution in [2.75, 3.05) is 5.32 Å². The van der Waals surface area contributed by atoms with Crippen molar-refractivity contribution in [1.82, 2.24) is 9.97 Å². The number of fused-ring (bicyclic) bond motifs is 6. The molecule has 0 unspecified atom stereocenters. The zero-order valence-electron chi connectivity index (χ0n) is 22.4. The van der Waals surface area contributed by atoms with Gasteiger partial charge in [-0.15, -0.1) is 0 Å². The van der Waals surface area contributed by atoms with E-state index in [1.807, 2.05) is 0 Å². The molecule has 16 nitrogen and oxygen atoms in total. The predicted octanol–water partition coefficient (Wildman–Crippen LogP) is -1.87. The second kappa shape index (κ2) is 13.2. The van der Waals surface area contributed by atoms with E-state index in [1.54, 1.807) is 0 Å². The molecule has 0 fully saturated rings.